The molecule has 2 aromatic carbocycles. The Morgan fingerprint density at radius 2 is 1.91 bits per heavy atom. The van der Waals surface area contributed by atoms with E-state index in [2.05, 4.69) is 20.9 Å². The maximum atomic E-state index is 12.2. The zero-order chi connectivity index (χ0) is 22.7. The number of hydrogen-bond donors (Lipinski definition) is 4. The summed E-state index contributed by atoms with van der Waals surface area (Å²) >= 11 is 7.20. The average molecular weight is 493 g/mol. The van der Waals surface area contributed by atoms with Gasteiger partial charge < -0.3 is 5.32 Å². The Morgan fingerprint density at radius 3 is 2.62 bits per heavy atom. The molecule has 0 aliphatic carbocycles. The van der Waals surface area contributed by atoms with E-state index >= 15 is 0 Å². The smallest absolute Gasteiger partial charge is 0.317 e. The number of rotatable bonds is 5. The Kier molecular flexibility index (Phi) is 7.04. The van der Waals surface area contributed by atoms with Crippen LogP contribution in [-0.2, 0) is 10.7 Å². The molecule has 1 saturated heterocycles. The number of anilines is 1. The molecule has 168 valence electrons. The van der Waals surface area contributed by atoms with E-state index in [1.165, 1.54) is 17.4 Å². The van der Waals surface area contributed by atoms with E-state index in [0.29, 0.717) is 10.6 Å². The number of carbonyl (C=O) groups excluding carboxylic acids is 2. The van der Waals surface area contributed by atoms with Crippen LogP contribution in [0.25, 0.3) is 10.2 Å². The predicted molar refractivity (Wildman–Crippen MR) is 126 cm³/mol. The van der Waals surface area contributed by atoms with Crippen molar-refractivity contribution < 1.29 is 18.0 Å². The number of thiol groups is 1. The van der Waals surface area contributed by atoms with Gasteiger partial charge >= 0.3 is 6.03 Å². The van der Waals surface area contributed by atoms with Crippen molar-refractivity contribution in [2.45, 2.75) is 18.1 Å². The molecule has 1 atom stereocenters. The minimum atomic E-state index is -2.63. The van der Waals surface area contributed by atoms with Gasteiger partial charge in [0.25, 0.3) is 5.91 Å². The first-order valence-electron chi connectivity index (χ1n) is 10.0. The highest BCUT2D eigenvalue weighted by Gasteiger charge is 2.28. The van der Waals surface area contributed by atoms with Gasteiger partial charge in [-0.05, 0) is 61.7 Å². The molecular formula is C21H21ClN4O4S2. The van der Waals surface area contributed by atoms with Crippen LogP contribution in [0.3, 0.4) is 0 Å². The minimum absolute atomic E-state index is 0.0712. The van der Waals surface area contributed by atoms with Crippen molar-refractivity contribution in [3.05, 3.63) is 58.6 Å². The summed E-state index contributed by atoms with van der Waals surface area (Å²) in [6.07, 6.45) is 1.61. The predicted octanol–water partition coefficient (Wildman–Crippen LogP) is 3.56. The lowest BCUT2D eigenvalue weighted by Gasteiger charge is -2.27. The molecule has 0 saturated carbocycles. The second-order valence-corrected chi connectivity index (χ2v) is 10.0. The molecule has 1 fully saturated rings. The molecule has 8 nitrogen and oxygen atoms in total. The van der Waals surface area contributed by atoms with Crippen LogP contribution in [-0.4, -0.2) is 38.4 Å². The lowest BCUT2D eigenvalue weighted by atomic mass is 9.90. The molecule has 1 aliphatic rings. The van der Waals surface area contributed by atoms with Gasteiger partial charge in [0.2, 0.25) is 0 Å². The number of benzene rings is 2. The van der Waals surface area contributed by atoms with Crippen molar-refractivity contribution in [3.8, 4) is 0 Å². The molecule has 3 N–H and O–H groups in total. The quantitative estimate of drug-likeness (QED) is 0.404. The average Bonchev–Trinajstić information content (AvgIpc) is 3.16. The van der Waals surface area contributed by atoms with Gasteiger partial charge in [0.05, 0.1) is 26.1 Å². The summed E-state index contributed by atoms with van der Waals surface area (Å²) in [7, 11) is -2.63. The van der Waals surface area contributed by atoms with Crippen molar-refractivity contribution in [3.63, 3.8) is 0 Å². The van der Waals surface area contributed by atoms with Crippen LogP contribution in [0.4, 0.5) is 9.93 Å². The van der Waals surface area contributed by atoms with Crippen LogP contribution in [0, 0.1) is 5.92 Å². The molecule has 1 aliphatic heterocycles. The van der Waals surface area contributed by atoms with Gasteiger partial charge in [-0.3, -0.25) is 15.4 Å². The Bertz CT molecular complexity index is 1230. The summed E-state index contributed by atoms with van der Waals surface area (Å²) in [5.41, 5.74) is 1.56. The van der Waals surface area contributed by atoms with Crippen molar-refractivity contribution in [2.24, 2.45) is 5.92 Å². The maximum Gasteiger partial charge on any atom is 0.327 e. The van der Waals surface area contributed by atoms with Gasteiger partial charge in [-0.15, -0.1) is 0 Å². The SMILES string of the molecule is O=C(NC(=O)c1ccccc1Cl)Nc1nc2ccc(C(C3CCNCC3)[SH](=O)=O)cc2s1. The number of halogens is 1. The van der Waals surface area contributed by atoms with Gasteiger partial charge in [-0.2, -0.15) is 0 Å². The molecule has 0 spiro atoms. The normalized spacial score (nSPS) is 15.6. The Balaban J connectivity index is 1.49. The van der Waals surface area contributed by atoms with Crippen molar-refractivity contribution in [1.29, 1.82) is 0 Å². The summed E-state index contributed by atoms with van der Waals surface area (Å²) in [6.45, 7) is 1.62. The lowest BCUT2D eigenvalue weighted by Crippen LogP contribution is -2.34. The molecule has 4 rings (SSSR count). The highest BCUT2D eigenvalue weighted by molar-refractivity contribution is 7.72. The first kappa shape index (κ1) is 22.7. The van der Waals surface area contributed by atoms with Crippen LogP contribution >= 0.6 is 22.9 Å². The van der Waals surface area contributed by atoms with Crippen LogP contribution in [0.1, 0.15) is 34.0 Å². The molecule has 32 heavy (non-hydrogen) atoms. The van der Waals surface area contributed by atoms with Gasteiger partial charge in [0.1, 0.15) is 10.7 Å². The van der Waals surface area contributed by atoms with E-state index in [-0.39, 0.29) is 16.5 Å². The second-order valence-electron chi connectivity index (χ2n) is 7.45. The summed E-state index contributed by atoms with van der Waals surface area (Å²) < 4.78 is 24.8. The van der Waals surface area contributed by atoms with Gasteiger partial charge in [0, 0.05) is 0 Å². The van der Waals surface area contributed by atoms with E-state index in [0.717, 1.165) is 36.2 Å². The number of piperidine rings is 1. The zero-order valence-corrected chi connectivity index (χ0v) is 19.3. The van der Waals surface area contributed by atoms with Crippen molar-refractivity contribution in [1.82, 2.24) is 15.6 Å². The first-order chi connectivity index (χ1) is 15.4. The topological polar surface area (TPSA) is 117 Å². The second kappa shape index (κ2) is 9.95. The van der Waals surface area contributed by atoms with Crippen LogP contribution in [0.5, 0.6) is 0 Å². The number of fused-ring (bicyclic) bond motifs is 1. The number of aromatic nitrogens is 1. The maximum absolute atomic E-state index is 12.2. The zero-order valence-electron chi connectivity index (χ0n) is 16.8. The first-order valence-corrected chi connectivity index (χ1v) is 12.5. The monoisotopic (exact) mass is 492 g/mol. The third-order valence-electron chi connectivity index (χ3n) is 5.38. The largest absolute Gasteiger partial charge is 0.327 e. The molecule has 0 bridgehead atoms. The highest BCUT2D eigenvalue weighted by Crippen LogP contribution is 2.35. The van der Waals surface area contributed by atoms with Gasteiger partial charge in [0.15, 0.2) is 5.13 Å². The van der Waals surface area contributed by atoms with E-state index in [1.54, 1.807) is 30.3 Å². The summed E-state index contributed by atoms with van der Waals surface area (Å²) in [5, 5.41) is 8.02. The molecular weight excluding hydrogens is 472 g/mol. The minimum Gasteiger partial charge on any atom is -0.317 e. The van der Waals surface area contributed by atoms with Crippen LogP contribution in [0.2, 0.25) is 5.02 Å². The summed E-state index contributed by atoms with van der Waals surface area (Å²) in [6, 6.07) is 11.0. The fraction of sp³-hybridized carbons (Fsp3) is 0.286. The number of carbonyl (C=O) groups is 2. The van der Waals surface area contributed by atoms with Crippen molar-refractivity contribution in [2.75, 3.05) is 18.4 Å². The summed E-state index contributed by atoms with van der Waals surface area (Å²) in [4.78, 5) is 28.8. The standard InChI is InChI=1S/C21H21ClN4O4S2/c22-15-4-2-1-3-14(15)19(27)25-20(28)26-21-24-16-6-5-13(11-17(16)31-21)18(32(29)30)12-7-9-23-10-8-12/h1-6,11-12,18,23,32H,7-10H2,(H2,24,25,26,27,28). The molecule has 0 radical (unpaired) electrons. The number of nitrogens with zero attached hydrogens (tertiary/aromatic N) is 1. The van der Waals surface area contributed by atoms with E-state index in [4.69, 9.17) is 11.6 Å². The molecule has 1 aromatic heterocycles. The Labute approximate surface area is 195 Å². The number of nitrogens with one attached hydrogen (secondary N) is 3. The number of thiazole rings is 1. The number of imide groups is 1. The fourth-order valence-corrected chi connectivity index (χ4v) is 6.03. The van der Waals surface area contributed by atoms with Gasteiger partial charge in [-0.1, -0.05) is 41.1 Å². The third kappa shape index (κ3) is 5.09. The van der Waals surface area contributed by atoms with Crippen LogP contribution < -0.4 is 16.0 Å². The van der Waals surface area contributed by atoms with E-state index in [1.807, 2.05) is 6.07 Å². The number of hydrogen-bond acceptors (Lipinski definition) is 7. The van der Waals surface area contributed by atoms with Crippen LogP contribution in [0.15, 0.2) is 42.5 Å². The Morgan fingerprint density at radius 1 is 1.16 bits per heavy atom. The highest BCUT2D eigenvalue weighted by atomic mass is 35.5. The lowest BCUT2D eigenvalue weighted by molar-refractivity contribution is 0.0967. The van der Waals surface area contributed by atoms with Gasteiger partial charge in [-0.25, -0.2) is 18.2 Å². The van der Waals surface area contributed by atoms with E-state index < -0.39 is 27.9 Å². The van der Waals surface area contributed by atoms with E-state index in [9.17, 15) is 18.0 Å². The molecule has 2 heterocycles. The molecule has 3 amide bonds. The Hall–Kier alpha value is -2.53. The third-order valence-corrected chi connectivity index (χ3v) is 7.81. The number of urea groups is 1. The van der Waals surface area contributed by atoms with Crippen molar-refractivity contribution >= 4 is 60.9 Å². The number of amides is 3. The molecule has 11 heteroatoms. The fourth-order valence-electron chi connectivity index (χ4n) is 3.85. The summed E-state index contributed by atoms with van der Waals surface area (Å²) in [5.74, 6) is -0.553. The molecule has 1 unspecified atom stereocenters. The molecule has 3 aromatic rings.